The molecule has 12 heteroatoms. The summed E-state index contributed by atoms with van der Waals surface area (Å²) in [6.45, 7) is 1.56. The van der Waals surface area contributed by atoms with Crippen molar-refractivity contribution in [1.29, 1.82) is 0 Å². The summed E-state index contributed by atoms with van der Waals surface area (Å²) in [6, 6.07) is 13.6. The van der Waals surface area contributed by atoms with Crippen molar-refractivity contribution < 1.29 is 19.1 Å². The molecule has 4 aromatic rings. The molecule has 4 rings (SSSR count). The van der Waals surface area contributed by atoms with Gasteiger partial charge in [0.15, 0.2) is 11.4 Å². The number of carbonyl (C=O) groups is 3. The molecule has 2 aromatic carbocycles. The average molecular weight is 629 g/mol. The SMILES string of the molecule is Cc1nc2c(OCc3c(Cl)ccc(N(C)C(=O)CNC(=O)/C=C/c4ccc(C(=O)N(C)C)cc4)c3Cl)cccn2c1Cl. The van der Waals surface area contributed by atoms with Crippen LogP contribution in [0.25, 0.3) is 11.7 Å². The Balaban J connectivity index is 1.38. The van der Waals surface area contributed by atoms with Crippen LogP contribution in [-0.2, 0) is 16.2 Å². The van der Waals surface area contributed by atoms with Gasteiger partial charge in [-0.05, 0) is 55.0 Å². The molecule has 218 valence electrons. The number of rotatable bonds is 9. The molecule has 0 saturated heterocycles. The molecule has 0 radical (unpaired) electrons. The predicted molar refractivity (Wildman–Crippen MR) is 166 cm³/mol. The number of amides is 3. The van der Waals surface area contributed by atoms with Crippen LogP contribution in [-0.4, -0.2) is 59.7 Å². The summed E-state index contributed by atoms with van der Waals surface area (Å²) in [7, 11) is 4.90. The highest BCUT2D eigenvalue weighted by molar-refractivity contribution is 6.38. The Hall–Kier alpha value is -4.05. The Labute approximate surface area is 258 Å². The summed E-state index contributed by atoms with van der Waals surface area (Å²) in [5.41, 5.74) is 3.38. The van der Waals surface area contributed by atoms with Gasteiger partial charge in [-0.15, -0.1) is 0 Å². The number of hydrogen-bond acceptors (Lipinski definition) is 5. The van der Waals surface area contributed by atoms with Crippen LogP contribution in [0.4, 0.5) is 5.69 Å². The number of aryl methyl sites for hydroxylation is 1. The van der Waals surface area contributed by atoms with Crippen LogP contribution in [0.3, 0.4) is 0 Å². The zero-order valence-corrected chi connectivity index (χ0v) is 25.6. The number of nitrogens with one attached hydrogen (secondary N) is 1. The van der Waals surface area contributed by atoms with Gasteiger partial charge in [0.25, 0.3) is 5.91 Å². The molecule has 0 aliphatic carbocycles. The molecule has 0 atom stereocenters. The minimum absolute atomic E-state index is 0.0164. The van der Waals surface area contributed by atoms with Crippen molar-refractivity contribution in [2.75, 3.05) is 32.6 Å². The molecule has 1 N–H and O–H groups in total. The van der Waals surface area contributed by atoms with Gasteiger partial charge in [-0.2, -0.15) is 0 Å². The van der Waals surface area contributed by atoms with E-state index in [2.05, 4.69) is 10.3 Å². The summed E-state index contributed by atoms with van der Waals surface area (Å²) in [6.07, 6.45) is 4.69. The average Bonchev–Trinajstić information content (AvgIpc) is 3.27. The number of fused-ring (bicyclic) bond motifs is 1. The van der Waals surface area contributed by atoms with Gasteiger partial charge in [0, 0.05) is 49.6 Å². The van der Waals surface area contributed by atoms with Gasteiger partial charge in [-0.1, -0.05) is 46.9 Å². The Bertz CT molecular complexity index is 1680. The number of aromatic nitrogens is 2. The van der Waals surface area contributed by atoms with E-state index in [0.717, 1.165) is 5.56 Å². The van der Waals surface area contributed by atoms with Crippen molar-refractivity contribution in [3.63, 3.8) is 0 Å². The topological polar surface area (TPSA) is 96.2 Å². The second-order valence-corrected chi connectivity index (χ2v) is 10.7. The standard InChI is InChI=1S/C30H28Cl3N5O4/c1-18-28(33)38-15-5-6-24(29(38)35-18)42-17-21-22(31)12-13-23(27(21)32)37(4)26(40)16-34-25(39)14-9-19-7-10-20(11-8-19)30(41)36(2)3/h5-15H,16-17H2,1-4H3,(H,34,39)/b14-9+. The third-order valence-electron chi connectivity index (χ3n) is 6.39. The maximum absolute atomic E-state index is 12.9. The van der Waals surface area contributed by atoms with Crippen molar-refractivity contribution in [3.05, 3.63) is 98.4 Å². The van der Waals surface area contributed by atoms with Crippen LogP contribution in [0.5, 0.6) is 5.75 Å². The number of pyridine rings is 1. The number of carbonyl (C=O) groups excluding carboxylic acids is 3. The summed E-state index contributed by atoms with van der Waals surface area (Å²) < 4.78 is 7.72. The van der Waals surface area contributed by atoms with E-state index < -0.39 is 11.8 Å². The van der Waals surface area contributed by atoms with Crippen molar-refractivity contribution in [2.45, 2.75) is 13.5 Å². The molecule has 0 fully saturated rings. The lowest BCUT2D eigenvalue weighted by atomic mass is 10.1. The normalized spacial score (nSPS) is 11.1. The van der Waals surface area contributed by atoms with Gasteiger partial charge < -0.3 is 19.9 Å². The van der Waals surface area contributed by atoms with E-state index in [0.29, 0.717) is 44.1 Å². The first-order valence-corrected chi connectivity index (χ1v) is 13.9. The molecule has 42 heavy (non-hydrogen) atoms. The molecule has 3 amide bonds. The van der Waals surface area contributed by atoms with E-state index in [-0.39, 0.29) is 24.1 Å². The highest BCUT2D eigenvalue weighted by Gasteiger charge is 2.20. The predicted octanol–water partition coefficient (Wildman–Crippen LogP) is 5.68. The van der Waals surface area contributed by atoms with Crippen molar-refractivity contribution in [2.24, 2.45) is 0 Å². The zero-order valence-electron chi connectivity index (χ0n) is 23.3. The number of benzene rings is 2. The fourth-order valence-corrected chi connectivity index (χ4v) is 4.79. The van der Waals surface area contributed by atoms with E-state index in [1.165, 1.54) is 15.9 Å². The fraction of sp³-hybridized carbons (Fsp3) is 0.200. The Morgan fingerprint density at radius 3 is 2.43 bits per heavy atom. The number of imidazole rings is 1. The Morgan fingerprint density at radius 1 is 1.02 bits per heavy atom. The second-order valence-electron chi connectivity index (χ2n) is 9.53. The quantitative estimate of drug-likeness (QED) is 0.241. The lowest BCUT2D eigenvalue weighted by Gasteiger charge is -2.21. The minimum atomic E-state index is -0.454. The van der Waals surface area contributed by atoms with Crippen molar-refractivity contribution in [3.8, 4) is 5.75 Å². The number of ether oxygens (including phenoxy) is 1. The first-order valence-electron chi connectivity index (χ1n) is 12.7. The molecule has 0 unspecified atom stereocenters. The second kappa shape index (κ2) is 13.3. The molecule has 0 aliphatic rings. The van der Waals surface area contributed by atoms with Crippen LogP contribution in [0, 0.1) is 6.92 Å². The summed E-state index contributed by atoms with van der Waals surface area (Å²) in [5, 5.41) is 3.67. The fourth-order valence-electron chi connectivity index (χ4n) is 4.01. The van der Waals surface area contributed by atoms with Gasteiger partial charge in [-0.3, -0.25) is 18.8 Å². The van der Waals surface area contributed by atoms with Crippen molar-refractivity contribution in [1.82, 2.24) is 19.6 Å². The van der Waals surface area contributed by atoms with Crippen LogP contribution < -0.4 is 15.0 Å². The number of likely N-dealkylation sites (N-methyl/N-ethyl adjacent to an activating group) is 1. The maximum Gasteiger partial charge on any atom is 0.253 e. The van der Waals surface area contributed by atoms with Crippen LogP contribution in [0.1, 0.15) is 27.2 Å². The van der Waals surface area contributed by atoms with Crippen LogP contribution in [0.15, 0.2) is 60.8 Å². The highest BCUT2D eigenvalue weighted by atomic mass is 35.5. The molecule has 0 aliphatic heterocycles. The third-order valence-corrected chi connectivity index (χ3v) is 7.62. The summed E-state index contributed by atoms with van der Waals surface area (Å²) in [4.78, 5) is 44.5. The molecule has 2 aromatic heterocycles. The number of anilines is 1. The number of nitrogens with zero attached hydrogens (tertiary/aromatic N) is 4. The zero-order chi connectivity index (χ0) is 30.6. The molecular weight excluding hydrogens is 601 g/mol. The first-order chi connectivity index (χ1) is 20.0. The van der Waals surface area contributed by atoms with E-state index in [1.807, 2.05) is 0 Å². The van der Waals surface area contributed by atoms with E-state index in [1.54, 1.807) is 93.3 Å². The van der Waals surface area contributed by atoms with E-state index in [4.69, 9.17) is 39.5 Å². The lowest BCUT2D eigenvalue weighted by Crippen LogP contribution is -2.37. The minimum Gasteiger partial charge on any atom is -0.485 e. The highest BCUT2D eigenvalue weighted by Crippen LogP contribution is 2.35. The molecule has 2 heterocycles. The van der Waals surface area contributed by atoms with Crippen LogP contribution in [0.2, 0.25) is 15.2 Å². The van der Waals surface area contributed by atoms with Crippen molar-refractivity contribution >= 4 is 69.9 Å². The largest absolute Gasteiger partial charge is 0.485 e. The van der Waals surface area contributed by atoms with E-state index in [9.17, 15) is 14.4 Å². The Kier molecular flexibility index (Phi) is 9.78. The smallest absolute Gasteiger partial charge is 0.253 e. The molecular formula is C30H28Cl3N5O4. The van der Waals surface area contributed by atoms with Gasteiger partial charge in [-0.25, -0.2) is 4.98 Å². The number of halogens is 3. The molecule has 0 saturated carbocycles. The van der Waals surface area contributed by atoms with E-state index >= 15 is 0 Å². The number of hydrogen-bond donors (Lipinski definition) is 1. The Morgan fingerprint density at radius 2 is 1.74 bits per heavy atom. The third kappa shape index (κ3) is 6.87. The molecule has 9 nitrogen and oxygen atoms in total. The monoisotopic (exact) mass is 627 g/mol. The van der Waals surface area contributed by atoms with Crippen LogP contribution >= 0.6 is 34.8 Å². The molecule has 0 spiro atoms. The maximum atomic E-state index is 12.9. The van der Waals surface area contributed by atoms with Gasteiger partial charge in [0.2, 0.25) is 11.8 Å². The molecule has 0 bridgehead atoms. The first kappa shape index (κ1) is 30.9. The van der Waals surface area contributed by atoms with Gasteiger partial charge in [0.1, 0.15) is 11.8 Å². The summed E-state index contributed by atoms with van der Waals surface area (Å²) in [5.74, 6) is -0.473. The van der Waals surface area contributed by atoms with Gasteiger partial charge >= 0.3 is 0 Å². The summed E-state index contributed by atoms with van der Waals surface area (Å²) >= 11 is 19.4. The van der Waals surface area contributed by atoms with Gasteiger partial charge in [0.05, 0.1) is 22.9 Å². The lowest BCUT2D eigenvalue weighted by molar-refractivity contribution is -0.122.